The maximum Gasteiger partial charge on any atom is 0.261 e. The molecule has 0 unspecified atom stereocenters. The van der Waals surface area contributed by atoms with Gasteiger partial charge in [-0.3, -0.25) is 9.59 Å². The lowest BCUT2D eigenvalue weighted by atomic mass is 10.1. The number of ether oxygens (including phenoxy) is 1. The highest BCUT2D eigenvalue weighted by Crippen LogP contribution is 2.22. The minimum Gasteiger partial charge on any atom is -0.484 e. The van der Waals surface area contributed by atoms with Gasteiger partial charge in [-0.2, -0.15) is 0 Å². The molecule has 1 aliphatic rings. The smallest absolute Gasteiger partial charge is 0.261 e. The van der Waals surface area contributed by atoms with Gasteiger partial charge in [0.1, 0.15) is 11.8 Å². The monoisotopic (exact) mass is 462 g/mol. The van der Waals surface area contributed by atoms with Crippen LogP contribution >= 0.6 is 23.2 Å². The lowest BCUT2D eigenvalue weighted by Crippen LogP contribution is -2.52. The zero-order valence-corrected chi connectivity index (χ0v) is 19.2. The number of halogens is 2. The second-order valence-electron chi connectivity index (χ2n) is 7.77. The summed E-state index contributed by atoms with van der Waals surface area (Å²) in [5, 5.41) is 4.28. The number of hydrogen-bond donors (Lipinski definition) is 1. The van der Waals surface area contributed by atoms with E-state index in [1.807, 2.05) is 25.1 Å². The number of rotatable bonds is 9. The van der Waals surface area contributed by atoms with E-state index in [-0.39, 0.29) is 31.0 Å². The van der Waals surface area contributed by atoms with Gasteiger partial charge in [0.2, 0.25) is 5.91 Å². The summed E-state index contributed by atoms with van der Waals surface area (Å²) in [6.07, 6.45) is 4.72. The minimum atomic E-state index is -0.599. The van der Waals surface area contributed by atoms with E-state index in [4.69, 9.17) is 27.9 Å². The molecule has 1 saturated carbocycles. The van der Waals surface area contributed by atoms with E-state index in [2.05, 4.69) is 5.32 Å². The lowest BCUT2D eigenvalue weighted by molar-refractivity contribution is -0.143. The van der Waals surface area contributed by atoms with Crippen molar-refractivity contribution in [1.29, 1.82) is 0 Å². The van der Waals surface area contributed by atoms with E-state index in [9.17, 15) is 9.59 Å². The van der Waals surface area contributed by atoms with Crippen LogP contribution in [0, 0.1) is 0 Å². The SMILES string of the molecule is CC[C@H](C(=O)NC1CCCC1)N(Cc1ccccc1Cl)C(=O)COc1ccc(Cl)cc1. The molecule has 166 valence electrons. The molecule has 1 N–H and O–H groups in total. The molecule has 0 saturated heterocycles. The molecule has 1 aliphatic carbocycles. The van der Waals surface area contributed by atoms with Gasteiger partial charge in [0.05, 0.1) is 0 Å². The maximum atomic E-state index is 13.2. The Bertz CT molecular complexity index is 883. The van der Waals surface area contributed by atoms with Gasteiger partial charge in [0.25, 0.3) is 5.91 Å². The topological polar surface area (TPSA) is 58.6 Å². The van der Waals surface area contributed by atoms with Crippen LogP contribution in [0.5, 0.6) is 5.75 Å². The normalized spacial score (nSPS) is 14.8. The van der Waals surface area contributed by atoms with Gasteiger partial charge in [0.15, 0.2) is 6.61 Å². The van der Waals surface area contributed by atoms with E-state index in [0.717, 1.165) is 31.2 Å². The summed E-state index contributed by atoms with van der Waals surface area (Å²) in [4.78, 5) is 27.8. The summed E-state index contributed by atoms with van der Waals surface area (Å²) in [6.45, 7) is 1.96. The number of benzene rings is 2. The fourth-order valence-electron chi connectivity index (χ4n) is 3.86. The molecule has 5 nitrogen and oxygen atoms in total. The third-order valence-electron chi connectivity index (χ3n) is 5.56. The predicted molar refractivity (Wildman–Crippen MR) is 123 cm³/mol. The van der Waals surface area contributed by atoms with Crippen molar-refractivity contribution >= 4 is 35.0 Å². The van der Waals surface area contributed by atoms with Crippen molar-refractivity contribution in [2.75, 3.05) is 6.61 Å². The van der Waals surface area contributed by atoms with Crippen molar-refractivity contribution < 1.29 is 14.3 Å². The molecule has 31 heavy (non-hydrogen) atoms. The molecular formula is C24H28Cl2N2O3. The fourth-order valence-corrected chi connectivity index (χ4v) is 4.18. The van der Waals surface area contributed by atoms with Crippen LogP contribution in [0.1, 0.15) is 44.6 Å². The second kappa shape index (κ2) is 11.4. The van der Waals surface area contributed by atoms with E-state index in [0.29, 0.717) is 22.2 Å². The molecule has 0 radical (unpaired) electrons. The Morgan fingerprint density at radius 3 is 2.42 bits per heavy atom. The molecular weight excluding hydrogens is 435 g/mol. The summed E-state index contributed by atoms with van der Waals surface area (Å²) in [5.41, 5.74) is 0.788. The van der Waals surface area contributed by atoms with Gasteiger partial charge in [-0.05, 0) is 55.2 Å². The van der Waals surface area contributed by atoms with Gasteiger partial charge in [-0.15, -0.1) is 0 Å². The third kappa shape index (κ3) is 6.62. The molecule has 1 atom stereocenters. The molecule has 0 aliphatic heterocycles. The Balaban J connectivity index is 1.76. The predicted octanol–water partition coefficient (Wildman–Crippen LogP) is 5.24. The quantitative estimate of drug-likeness (QED) is 0.554. The second-order valence-corrected chi connectivity index (χ2v) is 8.61. The van der Waals surface area contributed by atoms with Crippen LogP contribution in [0.25, 0.3) is 0 Å². The number of hydrogen-bond acceptors (Lipinski definition) is 3. The largest absolute Gasteiger partial charge is 0.484 e. The molecule has 0 bridgehead atoms. The Morgan fingerprint density at radius 1 is 1.10 bits per heavy atom. The number of amides is 2. The van der Waals surface area contributed by atoms with Crippen molar-refractivity contribution in [3.05, 3.63) is 64.1 Å². The Labute approximate surface area is 193 Å². The van der Waals surface area contributed by atoms with Crippen LogP contribution < -0.4 is 10.1 Å². The lowest BCUT2D eigenvalue weighted by Gasteiger charge is -2.31. The molecule has 2 amide bonds. The molecule has 0 spiro atoms. The summed E-state index contributed by atoms with van der Waals surface area (Å²) >= 11 is 12.3. The van der Waals surface area contributed by atoms with E-state index in [1.54, 1.807) is 35.2 Å². The van der Waals surface area contributed by atoms with Gasteiger partial charge in [-0.1, -0.05) is 61.2 Å². The third-order valence-corrected chi connectivity index (χ3v) is 6.18. The van der Waals surface area contributed by atoms with Gasteiger partial charge < -0.3 is 15.0 Å². The van der Waals surface area contributed by atoms with Crippen molar-refractivity contribution in [1.82, 2.24) is 10.2 Å². The van der Waals surface area contributed by atoms with Crippen molar-refractivity contribution in [3.63, 3.8) is 0 Å². The Morgan fingerprint density at radius 2 is 1.77 bits per heavy atom. The summed E-state index contributed by atoms with van der Waals surface area (Å²) in [6, 6.07) is 13.8. The Kier molecular flexibility index (Phi) is 8.61. The fraction of sp³-hybridized carbons (Fsp3) is 0.417. The number of carbonyl (C=O) groups is 2. The van der Waals surface area contributed by atoms with E-state index >= 15 is 0 Å². The van der Waals surface area contributed by atoms with Gasteiger partial charge in [0, 0.05) is 22.6 Å². The zero-order valence-electron chi connectivity index (χ0n) is 17.7. The van der Waals surface area contributed by atoms with Crippen LogP contribution in [0.15, 0.2) is 48.5 Å². The summed E-state index contributed by atoms with van der Waals surface area (Å²) in [7, 11) is 0. The molecule has 2 aromatic rings. The average Bonchev–Trinajstić information content (AvgIpc) is 3.27. The highest BCUT2D eigenvalue weighted by Gasteiger charge is 2.31. The van der Waals surface area contributed by atoms with Crippen molar-refractivity contribution in [2.45, 2.75) is 57.7 Å². The van der Waals surface area contributed by atoms with E-state index in [1.165, 1.54) is 0 Å². The van der Waals surface area contributed by atoms with Crippen LogP contribution in [-0.2, 0) is 16.1 Å². The standard InChI is InChI=1S/C24H28Cl2N2O3/c1-2-22(24(30)27-19-8-4-5-9-19)28(15-17-7-3-6-10-21(17)26)23(29)16-31-20-13-11-18(25)12-14-20/h3,6-7,10-14,19,22H,2,4-5,8-9,15-16H2,1H3,(H,27,30)/t22-/m1/s1. The minimum absolute atomic E-state index is 0.124. The zero-order chi connectivity index (χ0) is 22.2. The van der Waals surface area contributed by atoms with Gasteiger partial charge >= 0.3 is 0 Å². The van der Waals surface area contributed by atoms with Gasteiger partial charge in [-0.25, -0.2) is 0 Å². The maximum absolute atomic E-state index is 13.2. The first kappa shape index (κ1) is 23.4. The number of nitrogens with one attached hydrogen (secondary N) is 1. The average molecular weight is 463 g/mol. The first-order valence-electron chi connectivity index (χ1n) is 10.7. The molecule has 0 heterocycles. The molecule has 1 fully saturated rings. The van der Waals surface area contributed by atoms with Crippen LogP contribution in [0.4, 0.5) is 0 Å². The van der Waals surface area contributed by atoms with E-state index < -0.39 is 6.04 Å². The molecule has 0 aromatic heterocycles. The first-order chi connectivity index (χ1) is 15.0. The van der Waals surface area contributed by atoms with Crippen LogP contribution in [0.2, 0.25) is 10.0 Å². The van der Waals surface area contributed by atoms with Crippen molar-refractivity contribution in [3.8, 4) is 5.75 Å². The van der Waals surface area contributed by atoms with Crippen LogP contribution in [-0.4, -0.2) is 35.4 Å². The number of carbonyl (C=O) groups excluding carboxylic acids is 2. The van der Waals surface area contributed by atoms with Crippen molar-refractivity contribution in [2.24, 2.45) is 0 Å². The molecule has 7 heteroatoms. The number of nitrogens with zero attached hydrogens (tertiary/aromatic N) is 1. The summed E-state index contributed by atoms with van der Waals surface area (Å²) < 4.78 is 5.67. The summed E-state index contributed by atoms with van der Waals surface area (Å²) in [5.74, 6) is 0.142. The highest BCUT2D eigenvalue weighted by molar-refractivity contribution is 6.31. The van der Waals surface area contributed by atoms with Crippen LogP contribution in [0.3, 0.4) is 0 Å². The Hall–Kier alpha value is -2.24. The molecule has 3 rings (SSSR count). The first-order valence-corrected chi connectivity index (χ1v) is 11.4. The molecule has 2 aromatic carbocycles. The highest BCUT2D eigenvalue weighted by atomic mass is 35.5.